The van der Waals surface area contributed by atoms with Crippen LogP contribution in [0.25, 0.3) is 0 Å². The number of amides is 2. The number of anilines is 2. The van der Waals surface area contributed by atoms with E-state index in [0.29, 0.717) is 36.6 Å². The average Bonchev–Trinajstić information content (AvgIpc) is 3.16. The first-order valence-electron chi connectivity index (χ1n) is 11.2. The van der Waals surface area contributed by atoms with Crippen LogP contribution in [0, 0.1) is 5.92 Å². The van der Waals surface area contributed by atoms with Crippen LogP contribution >= 0.6 is 0 Å². The van der Waals surface area contributed by atoms with Crippen molar-refractivity contribution in [1.82, 2.24) is 5.32 Å². The van der Waals surface area contributed by atoms with Crippen LogP contribution in [0.15, 0.2) is 30.9 Å². The predicted octanol–water partition coefficient (Wildman–Crippen LogP) is 2.31. The lowest BCUT2D eigenvalue weighted by molar-refractivity contribution is -0.146. The molecular weight excluding hydrogens is 429 g/mol. The number of nitrogens with zero attached hydrogens (tertiary/aromatic N) is 2. The minimum atomic E-state index is -3.23. The third-order valence-corrected chi connectivity index (χ3v) is 9.53. The maximum absolute atomic E-state index is 15.5. The van der Waals surface area contributed by atoms with Crippen LogP contribution < -0.4 is 15.1 Å². The molecule has 4 rings (SSSR count). The third-order valence-electron chi connectivity index (χ3n) is 7.07. The Morgan fingerprint density at radius 1 is 1.41 bits per heavy atom. The van der Waals surface area contributed by atoms with E-state index in [2.05, 4.69) is 11.9 Å². The first-order chi connectivity index (χ1) is 15.2. The summed E-state index contributed by atoms with van der Waals surface area (Å²) in [5.74, 6) is -0.681. The molecule has 0 bridgehead atoms. The van der Waals surface area contributed by atoms with Gasteiger partial charge in [-0.3, -0.25) is 9.59 Å². The van der Waals surface area contributed by atoms with Gasteiger partial charge in [-0.25, -0.2) is 0 Å². The Bertz CT molecular complexity index is 936. The smallest absolute Gasteiger partial charge is 0.264 e. The Balaban J connectivity index is 1.86. The Hall–Kier alpha value is -2.07. The molecule has 1 aromatic carbocycles. The van der Waals surface area contributed by atoms with Crippen LogP contribution in [0.2, 0.25) is 18.6 Å². The van der Waals surface area contributed by atoms with Crippen LogP contribution in [0.4, 0.5) is 15.5 Å². The van der Waals surface area contributed by atoms with Gasteiger partial charge in [0.15, 0.2) is 5.60 Å². The highest BCUT2D eigenvalue weighted by Gasteiger charge is 2.66. The molecule has 0 saturated carbocycles. The lowest BCUT2D eigenvalue weighted by Crippen LogP contribution is -2.48. The maximum Gasteiger partial charge on any atom is 0.264 e. The highest BCUT2D eigenvalue weighted by molar-refractivity contribution is 6.72. The third kappa shape index (κ3) is 3.42. The van der Waals surface area contributed by atoms with Gasteiger partial charge in [0.2, 0.25) is 14.3 Å². The number of aliphatic hydroxyl groups is 1. The number of benzene rings is 1. The number of hydrogen-bond acceptors (Lipinski definition) is 5. The van der Waals surface area contributed by atoms with Crippen molar-refractivity contribution >= 4 is 31.6 Å². The molecule has 9 heteroatoms. The van der Waals surface area contributed by atoms with Crippen LogP contribution in [0.3, 0.4) is 0 Å². The Labute approximate surface area is 189 Å². The molecule has 7 nitrogen and oxygen atoms in total. The number of rotatable bonds is 6. The molecule has 2 fully saturated rings. The van der Waals surface area contributed by atoms with Crippen molar-refractivity contribution in [1.29, 1.82) is 0 Å². The zero-order chi connectivity index (χ0) is 23.3. The van der Waals surface area contributed by atoms with E-state index in [1.807, 2.05) is 25.1 Å². The van der Waals surface area contributed by atoms with Crippen molar-refractivity contribution in [2.24, 2.45) is 5.92 Å². The van der Waals surface area contributed by atoms with E-state index in [0.717, 1.165) is 0 Å². The molecule has 32 heavy (non-hydrogen) atoms. The van der Waals surface area contributed by atoms with Crippen molar-refractivity contribution in [3.8, 4) is 0 Å². The van der Waals surface area contributed by atoms with Crippen molar-refractivity contribution in [2.75, 3.05) is 42.6 Å². The second-order valence-corrected chi connectivity index (χ2v) is 13.2. The summed E-state index contributed by atoms with van der Waals surface area (Å²) in [6, 6.07) is 5.56. The van der Waals surface area contributed by atoms with E-state index in [9.17, 15) is 14.7 Å². The number of halogens is 1. The second-order valence-electron chi connectivity index (χ2n) is 9.41. The van der Waals surface area contributed by atoms with E-state index >= 15 is 4.11 Å². The number of piperazine rings is 1. The van der Waals surface area contributed by atoms with Crippen LogP contribution in [-0.4, -0.2) is 64.2 Å². The van der Waals surface area contributed by atoms with Gasteiger partial charge in [-0.15, -0.1) is 6.58 Å². The van der Waals surface area contributed by atoms with E-state index in [1.165, 1.54) is 0 Å². The fourth-order valence-corrected chi connectivity index (χ4v) is 8.33. The van der Waals surface area contributed by atoms with Gasteiger partial charge < -0.3 is 29.1 Å². The fourth-order valence-electron chi connectivity index (χ4n) is 5.79. The summed E-state index contributed by atoms with van der Waals surface area (Å²) in [7, 11) is -3.23. The van der Waals surface area contributed by atoms with Gasteiger partial charge in [0.05, 0.1) is 18.3 Å². The molecule has 3 aliphatic rings. The van der Waals surface area contributed by atoms with Crippen molar-refractivity contribution < 1.29 is 23.5 Å². The first-order valence-corrected chi connectivity index (χ1v) is 14.2. The lowest BCUT2D eigenvalue weighted by Gasteiger charge is -2.32. The number of carbonyl (C=O) groups excluding carboxylic acids is 2. The summed E-state index contributed by atoms with van der Waals surface area (Å²) in [4.78, 5) is 29.7. The zero-order valence-electron chi connectivity index (χ0n) is 18.9. The number of ether oxygens (including phenoxy) is 1. The average molecular weight is 462 g/mol. The predicted molar refractivity (Wildman–Crippen MR) is 124 cm³/mol. The standard InChI is InChI=1S/C23H32FN3O4Si/c1-5-10-27-18-7-6-16(26-11-9-25-14-20(26)29)13-17(18)23(22(27)30)15(2)21(32(3,4)24)19(31-23)8-12-28/h5-7,13,15,19,21,25,28H,1,8-12,14H2,2-4H3/t15-,19+,21-,23+/m1/s1. The molecular formula is C23H32FN3O4Si. The van der Waals surface area contributed by atoms with E-state index in [1.54, 1.807) is 29.0 Å². The number of aliphatic hydroxyl groups excluding tert-OH is 1. The minimum Gasteiger partial charge on any atom is -0.396 e. The van der Waals surface area contributed by atoms with E-state index < -0.39 is 31.6 Å². The molecule has 1 aromatic rings. The lowest BCUT2D eigenvalue weighted by atomic mass is 9.82. The highest BCUT2D eigenvalue weighted by atomic mass is 28.4. The molecule has 4 atom stereocenters. The highest BCUT2D eigenvalue weighted by Crippen LogP contribution is 2.60. The molecule has 1 spiro atoms. The molecule has 174 valence electrons. The summed E-state index contributed by atoms with van der Waals surface area (Å²) in [5, 5.41) is 12.7. The van der Waals surface area contributed by atoms with Gasteiger partial charge >= 0.3 is 0 Å². The number of fused-ring (bicyclic) bond motifs is 2. The summed E-state index contributed by atoms with van der Waals surface area (Å²) in [6.45, 7) is 10.6. The van der Waals surface area contributed by atoms with Gasteiger partial charge in [0.25, 0.3) is 5.91 Å². The van der Waals surface area contributed by atoms with Gasteiger partial charge in [-0.1, -0.05) is 13.0 Å². The maximum atomic E-state index is 15.5. The normalized spacial score (nSPS) is 30.3. The van der Waals surface area contributed by atoms with E-state index in [4.69, 9.17) is 4.74 Å². The molecule has 3 heterocycles. The van der Waals surface area contributed by atoms with Crippen LogP contribution in [0.5, 0.6) is 0 Å². The van der Waals surface area contributed by atoms with Crippen LogP contribution in [-0.2, 0) is 19.9 Å². The Morgan fingerprint density at radius 3 is 2.78 bits per heavy atom. The van der Waals surface area contributed by atoms with Crippen molar-refractivity contribution in [3.05, 3.63) is 36.4 Å². The second kappa shape index (κ2) is 8.37. The monoisotopic (exact) mass is 461 g/mol. The molecule has 2 amide bonds. The summed E-state index contributed by atoms with van der Waals surface area (Å²) >= 11 is 0. The summed E-state index contributed by atoms with van der Waals surface area (Å²) < 4.78 is 22.0. The summed E-state index contributed by atoms with van der Waals surface area (Å²) in [6.07, 6.45) is 1.38. The number of carbonyl (C=O) groups is 2. The number of nitrogens with one attached hydrogen (secondary N) is 1. The largest absolute Gasteiger partial charge is 0.396 e. The molecule has 0 aliphatic carbocycles. The van der Waals surface area contributed by atoms with Crippen molar-refractivity contribution in [3.63, 3.8) is 0 Å². The fraction of sp³-hybridized carbons (Fsp3) is 0.565. The molecule has 3 aliphatic heterocycles. The molecule has 2 saturated heterocycles. The van der Waals surface area contributed by atoms with Gasteiger partial charge in [-0.2, -0.15) is 0 Å². The Kier molecular flexibility index (Phi) is 6.04. The summed E-state index contributed by atoms with van der Waals surface area (Å²) in [5.41, 5.74) is 0.295. The van der Waals surface area contributed by atoms with E-state index in [-0.39, 0.29) is 31.4 Å². The molecule has 0 radical (unpaired) electrons. The minimum absolute atomic E-state index is 0.0359. The van der Waals surface area contributed by atoms with Gasteiger partial charge in [0, 0.05) is 49.0 Å². The van der Waals surface area contributed by atoms with Gasteiger partial charge in [-0.05, 0) is 37.7 Å². The molecule has 0 aromatic heterocycles. The first kappa shape index (κ1) is 23.1. The molecule has 2 N–H and O–H groups in total. The van der Waals surface area contributed by atoms with Crippen LogP contribution in [0.1, 0.15) is 18.9 Å². The topological polar surface area (TPSA) is 82.1 Å². The molecule has 0 unspecified atom stereocenters. The number of hydrogen-bond donors (Lipinski definition) is 2. The zero-order valence-corrected chi connectivity index (χ0v) is 19.9. The van der Waals surface area contributed by atoms with Gasteiger partial charge in [0.1, 0.15) is 0 Å². The quantitative estimate of drug-likeness (QED) is 0.386. The SMILES string of the molecule is C=CCN1C(=O)[C@@]2(O[C@@H](CCO)[C@H]([Si](C)(C)F)[C@H]2C)c2cc(N3CCNCC3=O)ccc21. The Morgan fingerprint density at radius 2 is 2.16 bits per heavy atom. The van der Waals surface area contributed by atoms with Crippen molar-refractivity contribution in [2.45, 2.75) is 43.7 Å².